The van der Waals surface area contributed by atoms with Crippen LogP contribution >= 0.6 is 0 Å². The summed E-state index contributed by atoms with van der Waals surface area (Å²) in [6.07, 6.45) is 0. The zero-order valence-electron chi connectivity index (χ0n) is 11.7. The van der Waals surface area contributed by atoms with Crippen molar-refractivity contribution in [1.82, 2.24) is 10.1 Å². The maximum Gasteiger partial charge on any atom is 0.240 e. The summed E-state index contributed by atoms with van der Waals surface area (Å²) >= 11 is 0. The molecular formula is C13H21N3O3. The van der Waals surface area contributed by atoms with Gasteiger partial charge in [-0.15, -0.1) is 0 Å². The van der Waals surface area contributed by atoms with E-state index in [9.17, 15) is 4.79 Å². The molecule has 1 aromatic heterocycles. The molecule has 0 spiro atoms. The van der Waals surface area contributed by atoms with Crippen molar-refractivity contribution in [3.05, 3.63) is 11.8 Å². The summed E-state index contributed by atoms with van der Waals surface area (Å²) in [5.41, 5.74) is 0.843. The second kappa shape index (κ2) is 6.16. The first kappa shape index (κ1) is 14.0. The highest BCUT2D eigenvalue weighted by Gasteiger charge is 2.21. The fraction of sp³-hybridized carbons (Fsp3) is 0.692. The molecule has 19 heavy (non-hydrogen) atoms. The van der Waals surface area contributed by atoms with Crippen molar-refractivity contribution in [1.29, 1.82) is 0 Å². The number of aromatic nitrogens is 1. The van der Waals surface area contributed by atoms with Crippen LogP contribution in [0.3, 0.4) is 0 Å². The van der Waals surface area contributed by atoms with Crippen LogP contribution in [-0.4, -0.2) is 48.3 Å². The SMILES string of the molecule is CC(C)c1cc(NC(=O)CN2CCOC[C@@H]2C)on1. The van der Waals surface area contributed by atoms with E-state index in [1.54, 1.807) is 6.07 Å². The van der Waals surface area contributed by atoms with E-state index in [0.29, 0.717) is 25.6 Å². The number of anilines is 1. The van der Waals surface area contributed by atoms with Crippen LogP contribution in [0.1, 0.15) is 32.4 Å². The van der Waals surface area contributed by atoms with Crippen LogP contribution in [0.4, 0.5) is 5.88 Å². The van der Waals surface area contributed by atoms with E-state index in [1.807, 2.05) is 13.8 Å². The Morgan fingerprint density at radius 2 is 2.42 bits per heavy atom. The molecule has 1 amide bonds. The molecule has 1 N–H and O–H groups in total. The standard InChI is InChI=1S/C13H21N3O3/c1-9(2)11-6-13(19-15-11)14-12(17)7-16-4-5-18-8-10(16)3/h6,9-10H,4-5,7-8H2,1-3H3,(H,14,17)/t10-/m0/s1. The molecule has 2 heterocycles. The van der Waals surface area contributed by atoms with Gasteiger partial charge in [0, 0.05) is 18.7 Å². The molecule has 1 saturated heterocycles. The van der Waals surface area contributed by atoms with Crippen molar-refractivity contribution >= 4 is 11.8 Å². The molecule has 1 atom stereocenters. The topological polar surface area (TPSA) is 67.6 Å². The highest BCUT2D eigenvalue weighted by Crippen LogP contribution is 2.17. The second-order valence-corrected chi connectivity index (χ2v) is 5.21. The quantitative estimate of drug-likeness (QED) is 0.894. The number of amides is 1. The Kier molecular flexibility index (Phi) is 4.55. The highest BCUT2D eigenvalue weighted by molar-refractivity contribution is 5.91. The lowest BCUT2D eigenvalue weighted by Crippen LogP contribution is -2.47. The van der Waals surface area contributed by atoms with Gasteiger partial charge in [0.2, 0.25) is 11.8 Å². The number of nitrogens with zero attached hydrogens (tertiary/aromatic N) is 2. The van der Waals surface area contributed by atoms with Crippen LogP contribution in [0.5, 0.6) is 0 Å². The molecule has 1 aliphatic rings. The van der Waals surface area contributed by atoms with Gasteiger partial charge in [-0.1, -0.05) is 19.0 Å². The van der Waals surface area contributed by atoms with E-state index >= 15 is 0 Å². The zero-order chi connectivity index (χ0) is 13.8. The molecule has 0 unspecified atom stereocenters. The first-order chi connectivity index (χ1) is 9.06. The second-order valence-electron chi connectivity index (χ2n) is 5.21. The maximum atomic E-state index is 11.9. The summed E-state index contributed by atoms with van der Waals surface area (Å²) in [5, 5.41) is 6.64. The number of hydrogen-bond acceptors (Lipinski definition) is 5. The van der Waals surface area contributed by atoms with Gasteiger partial charge in [0.15, 0.2) is 0 Å². The number of hydrogen-bond donors (Lipinski definition) is 1. The minimum Gasteiger partial charge on any atom is -0.379 e. The monoisotopic (exact) mass is 267 g/mol. The largest absolute Gasteiger partial charge is 0.379 e. The van der Waals surface area contributed by atoms with Gasteiger partial charge in [-0.3, -0.25) is 15.0 Å². The average Bonchev–Trinajstić information content (AvgIpc) is 2.80. The van der Waals surface area contributed by atoms with Crippen molar-refractivity contribution in [2.75, 3.05) is 31.6 Å². The number of ether oxygens (including phenoxy) is 1. The van der Waals surface area contributed by atoms with Gasteiger partial charge in [0.05, 0.1) is 25.5 Å². The molecule has 1 aliphatic heterocycles. The summed E-state index contributed by atoms with van der Waals surface area (Å²) in [4.78, 5) is 14.0. The van der Waals surface area contributed by atoms with Crippen molar-refractivity contribution in [3.8, 4) is 0 Å². The molecule has 6 heteroatoms. The molecule has 1 fully saturated rings. The molecular weight excluding hydrogens is 246 g/mol. The Morgan fingerprint density at radius 3 is 3.05 bits per heavy atom. The van der Waals surface area contributed by atoms with Crippen molar-refractivity contribution in [2.24, 2.45) is 0 Å². The molecule has 1 aromatic rings. The number of carbonyl (C=O) groups is 1. The molecule has 0 saturated carbocycles. The normalized spacial score (nSPS) is 20.7. The Bertz CT molecular complexity index is 431. The number of morpholine rings is 1. The van der Waals surface area contributed by atoms with Crippen LogP contribution in [0.15, 0.2) is 10.6 Å². The van der Waals surface area contributed by atoms with E-state index in [0.717, 1.165) is 12.2 Å². The molecule has 0 bridgehead atoms. The summed E-state index contributed by atoms with van der Waals surface area (Å²) in [6.45, 7) is 8.59. The molecule has 2 rings (SSSR count). The van der Waals surface area contributed by atoms with Crippen molar-refractivity contribution < 1.29 is 14.1 Å². The lowest BCUT2D eigenvalue weighted by atomic mass is 10.1. The molecule has 0 aromatic carbocycles. The smallest absolute Gasteiger partial charge is 0.240 e. The predicted molar refractivity (Wildman–Crippen MR) is 71.1 cm³/mol. The fourth-order valence-electron chi connectivity index (χ4n) is 1.98. The van der Waals surface area contributed by atoms with E-state index in [-0.39, 0.29) is 17.9 Å². The summed E-state index contributed by atoms with van der Waals surface area (Å²) in [7, 11) is 0. The van der Waals surface area contributed by atoms with Crippen molar-refractivity contribution in [3.63, 3.8) is 0 Å². The van der Waals surface area contributed by atoms with Gasteiger partial charge in [-0.25, -0.2) is 0 Å². The summed E-state index contributed by atoms with van der Waals surface area (Å²) in [6, 6.07) is 2.03. The predicted octanol–water partition coefficient (Wildman–Crippen LogP) is 1.46. The van der Waals surface area contributed by atoms with Crippen LogP contribution in [-0.2, 0) is 9.53 Å². The van der Waals surface area contributed by atoms with Gasteiger partial charge in [-0.2, -0.15) is 0 Å². The Hall–Kier alpha value is -1.40. The first-order valence-electron chi connectivity index (χ1n) is 6.64. The number of rotatable bonds is 4. The molecule has 0 aliphatic carbocycles. The third-order valence-corrected chi connectivity index (χ3v) is 3.23. The Morgan fingerprint density at radius 1 is 1.63 bits per heavy atom. The van der Waals surface area contributed by atoms with Crippen LogP contribution in [0.25, 0.3) is 0 Å². The molecule has 106 valence electrons. The zero-order valence-corrected chi connectivity index (χ0v) is 11.7. The molecule has 0 radical (unpaired) electrons. The van der Waals surface area contributed by atoms with Gasteiger partial charge in [0.1, 0.15) is 0 Å². The first-order valence-corrected chi connectivity index (χ1v) is 6.64. The van der Waals surface area contributed by atoms with Gasteiger partial charge >= 0.3 is 0 Å². The van der Waals surface area contributed by atoms with E-state index in [2.05, 4.69) is 22.3 Å². The Labute approximate surface area is 113 Å². The minimum absolute atomic E-state index is 0.0831. The van der Waals surface area contributed by atoms with E-state index in [4.69, 9.17) is 9.26 Å². The third-order valence-electron chi connectivity index (χ3n) is 3.23. The number of carbonyl (C=O) groups excluding carboxylic acids is 1. The van der Waals surface area contributed by atoms with Crippen LogP contribution in [0, 0.1) is 0 Å². The fourth-order valence-corrected chi connectivity index (χ4v) is 1.98. The highest BCUT2D eigenvalue weighted by atomic mass is 16.5. The number of nitrogens with one attached hydrogen (secondary N) is 1. The van der Waals surface area contributed by atoms with E-state index < -0.39 is 0 Å². The van der Waals surface area contributed by atoms with Crippen molar-refractivity contribution in [2.45, 2.75) is 32.7 Å². The third kappa shape index (κ3) is 3.78. The summed E-state index contributed by atoms with van der Waals surface area (Å²) in [5.74, 6) is 0.614. The Balaban J connectivity index is 1.86. The summed E-state index contributed by atoms with van der Waals surface area (Å²) < 4.78 is 10.4. The molecule has 6 nitrogen and oxygen atoms in total. The lowest BCUT2D eigenvalue weighted by molar-refractivity contribution is -0.119. The van der Waals surface area contributed by atoms with Gasteiger partial charge in [-0.05, 0) is 12.8 Å². The van der Waals surface area contributed by atoms with E-state index in [1.165, 1.54) is 0 Å². The van der Waals surface area contributed by atoms with Crippen LogP contribution < -0.4 is 5.32 Å². The van der Waals surface area contributed by atoms with Gasteiger partial charge < -0.3 is 9.26 Å². The minimum atomic E-state index is -0.0831. The van der Waals surface area contributed by atoms with Gasteiger partial charge in [0.25, 0.3) is 0 Å². The van der Waals surface area contributed by atoms with Crippen LogP contribution in [0.2, 0.25) is 0 Å². The lowest BCUT2D eigenvalue weighted by Gasteiger charge is -2.32. The maximum absolute atomic E-state index is 11.9. The average molecular weight is 267 g/mol.